The van der Waals surface area contributed by atoms with Crippen molar-refractivity contribution in [2.45, 2.75) is 33.2 Å². The van der Waals surface area contributed by atoms with Gasteiger partial charge in [-0.2, -0.15) is 0 Å². The van der Waals surface area contributed by atoms with Crippen LogP contribution in [0.25, 0.3) is 0 Å². The fraction of sp³-hybridized carbons (Fsp3) is 0.409. The predicted octanol–water partition coefficient (Wildman–Crippen LogP) is 3.75. The first kappa shape index (κ1) is 22.7. The lowest BCUT2D eigenvalue weighted by Gasteiger charge is -2.26. The van der Waals surface area contributed by atoms with Gasteiger partial charge >= 0.3 is 0 Å². The molecule has 6 nitrogen and oxygen atoms in total. The van der Waals surface area contributed by atoms with E-state index in [4.69, 9.17) is 4.74 Å². The number of carbonyl (C=O) groups is 1. The maximum absolute atomic E-state index is 12.8. The van der Waals surface area contributed by atoms with E-state index in [1.807, 2.05) is 37.3 Å². The first-order chi connectivity index (χ1) is 13.7. The molecule has 0 heterocycles. The van der Waals surface area contributed by atoms with Crippen LogP contribution in [0.3, 0.4) is 0 Å². The molecule has 2 aromatic rings. The van der Waals surface area contributed by atoms with Crippen molar-refractivity contribution >= 4 is 21.6 Å². The van der Waals surface area contributed by atoms with E-state index in [2.05, 4.69) is 19.2 Å². The molecule has 158 valence electrons. The van der Waals surface area contributed by atoms with Crippen molar-refractivity contribution in [3.63, 3.8) is 0 Å². The second-order valence-electron chi connectivity index (χ2n) is 7.33. The number of carbonyl (C=O) groups excluding carboxylic acids is 1. The number of amides is 1. The Morgan fingerprint density at radius 1 is 1.07 bits per heavy atom. The zero-order valence-electron chi connectivity index (χ0n) is 17.5. The minimum Gasteiger partial charge on any atom is -0.492 e. The molecule has 0 unspecified atom stereocenters. The molecule has 7 heteroatoms. The molecule has 1 amide bonds. The molecular weight excluding hydrogens is 388 g/mol. The molecule has 1 N–H and O–H groups in total. The molecule has 0 aliphatic rings. The molecule has 0 aliphatic carbocycles. The van der Waals surface area contributed by atoms with Gasteiger partial charge in [-0.1, -0.05) is 56.3 Å². The lowest BCUT2D eigenvalue weighted by Crippen LogP contribution is -2.42. The third-order valence-electron chi connectivity index (χ3n) is 4.37. The second kappa shape index (κ2) is 10.3. The van der Waals surface area contributed by atoms with Crippen LogP contribution in [0.5, 0.6) is 5.75 Å². The minimum atomic E-state index is -3.68. The minimum absolute atomic E-state index is 0.188. The van der Waals surface area contributed by atoms with Gasteiger partial charge in [0.25, 0.3) is 0 Å². The molecular formula is C22H30N2O4S. The van der Waals surface area contributed by atoms with E-state index >= 15 is 0 Å². The number of hydrogen-bond acceptors (Lipinski definition) is 4. The summed E-state index contributed by atoms with van der Waals surface area (Å²) < 4.78 is 31.5. The Bertz CT molecular complexity index is 898. The summed E-state index contributed by atoms with van der Waals surface area (Å²) in [5.74, 6) is 0.427. The molecule has 2 rings (SSSR count). The number of nitrogens with zero attached hydrogens (tertiary/aromatic N) is 1. The Hall–Kier alpha value is -2.54. The highest BCUT2D eigenvalue weighted by molar-refractivity contribution is 7.92. The number of sulfonamides is 1. The zero-order valence-corrected chi connectivity index (χ0v) is 18.3. The van der Waals surface area contributed by atoms with Crippen molar-refractivity contribution in [3.05, 3.63) is 60.2 Å². The average Bonchev–Trinajstić information content (AvgIpc) is 2.66. The van der Waals surface area contributed by atoms with Gasteiger partial charge in [0.05, 0.1) is 24.6 Å². The summed E-state index contributed by atoms with van der Waals surface area (Å²) in [6.45, 7) is 6.08. The summed E-state index contributed by atoms with van der Waals surface area (Å²) in [5, 5.41) is 3.00. The van der Waals surface area contributed by atoms with Gasteiger partial charge in [-0.25, -0.2) is 8.42 Å². The Morgan fingerprint density at radius 3 is 2.28 bits per heavy atom. The van der Waals surface area contributed by atoms with Crippen molar-refractivity contribution in [2.75, 3.05) is 23.7 Å². The summed E-state index contributed by atoms with van der Waals surface area (Å²) >= 11 is 0. The molecule has 1 atom stereocenters. The number of nitrogens with one attached hydrogen (secondary N) is 1. The number of anilines is 1. The normalized spacial score (nSPS) is 12.4. The maximum atomic E-state index is 12.8. The van der Waals surface area contributed by atoms with Gasteiger partial charge in [0.1, 0.15) is 12.3 Å². The van der Waals surface area contributed by atoms with Gasteiger partial charge < -0.3 is 10.1 Å². The summed E-state index contributed by atoms with van der Waals surface area (Å²) in [7, 11) is -3.68. The van der Waals surface area contributed by atoms with Crippen molar-refractivity contribution in [1.82, 2.24) is 5.32 Å². The van der Waals surface area contributed by atoms with Gasteiger partial charge in [0.2, 0.25) is 15.9 Å². The molecule has 0 aliphatic heterocycles. The van der Waals surface area contributed by atoms with Gasteiger partial charge in [0, 0.05) is 0 Å². The van der Waals surface area contributed by atoms with Crippen LogP contribution in [0.2, 0.25) is 0 Å². The zero-order chi connectivity index (χ0) is 21.4. The summed E-state index contributed by atoms with van der Waals surface area (Å²) in [6.07, 6.45) is 1.84. The smallest absolute Gasteiger partial charge is 0.241 e. The Morgan fingerprint density at radius 2 is 1.69 bits per heavy atom. The Balaban J connectivity index is 2.26. The van der Waals surface area contributed by atoms with Gasteiger partial charge in [-0.05, 0) is 37.0 Å². The third-order valence-corrected chi connectivity index (χ3v) is 5.49. The van der Waals surface area contributed by atoms with Crippen molar-refractivity contribution < 1.29 is 17.9 Å². The molecule has 29 heavy (non-hydrogen) atoms. The van der Waals surface area contributed by atoms with Crippen LogP contribution in [-0.4, -0.2) is 33.7 Å². The van der Waals surface area contributed by atoms with E-state index in [1.54, 1.807) is 24.3 Å². The van der Waals surface area contributed by atoms with Gasteiger partial charge in [0.15, 0.2) is 0 Å². The van der Waals surface area contributed by atoms with Crippen LogP contribution in [0.1, 0.15) is 38.8 Å². The Kier molecular flexibility index (Phi) is 8.08. The first-order valence-electron chi connectivity index (χ1n) is 9.76. The number of rotatable bonds is 10. The van der Waals surface area contributed by atoms with Crippen LogP contribution in [0.4, 0.5) is 5.69 Å². The topological polar surface area (TPSA) is 75.7 Å². The summed E-state index contributed by atoms with van der Waals surface area (Å²) in [6, 6.07) is 16.3. The molecule has 0 saturated carbocycles. The molecule has 0 saturated heterocycles. The maximum Gasteiger partial charge on any atom is 0.241 e. The third kappa shape index (κ3) is 6.78. The van der Waals surface area contributed by atoms with Crippen LogP contribution in [0, 0.1) is 5.92 Å². The molecule has 0 aromatic heterocycles. The van der Waals surface area contributed by atoms with Crippen molar-refractivity contribution in [1.29, 1.82) is 0 Å². The van der Waals surface area contributed by atoms with Crippen LogP contribution in [-0.2, 0) is 14.8 Å². The quantitative estimate of drug-likeness (QED) is 0.637. The number of para-hydroxylation sites is 2. The number of ether oxygens (including phenoxy) is 1. The fourth-order valence-corrected chi connectivity index (χ4v) is 3.99. The SMILES string of the molecule is CCOc1ccccc1N(CC(=O)N[C@H](CC(C)C)c1ccccc1)S(C)(=O)=O. The van der Waals surface area contributed by atoms with Crippen molar-refractivity contribution in [2.24, 2.45) is 5.92 Å². The first-order valence-corrected chi connectivity index (χ1v) is 11.6. The van der Waals surface area contributed by atoms with E-state index in [1.165, 1.54) is 0 Å². The summed E-state index contributed by atoms with van der Waals surface area (Å²) in [5.41, 5.74) is 1.35. The summed E-state index contributed by atoms with van der Waals surface area (Å²) in [4.78, 5) is 12.8. The fourth-order valence-electron chi connectivity index (χ4n) is 3.13. The lowest BCUT2D eigenvalue weighted by atomic mass is 9.97. The highest BCUT2D eigenvalue weighted by atomic mass is 32.2. The second-order valence-corrected chi connectivity index (χ2v) is 9.24. The lowest BCUT2D eigenvalue weighted by molar-refractivity contribution is -0.120. The molecule has 0 radical (unpaired) electrons. The van der Waals surface area contributed by atoms with Crippen LogP contribution >= 0.6 is 0 Å². The predicted molar refractivity (Wildman–Crippen MR) is 117 cm³/mol. The van der Waals surface area contributed by atoms with E-state index in [0.29, 0.717) is 24.0 Å². The van der Waals surface area contributed by atoms with E-state index in [0.717, 1.165) is 22.5 Å². The molecule has 0 fully saturated rings. The van der Waals surface area contributed by atoms with E-state index < -0.39 is 10.0 Å². The highest BCUT2D eigenvalue weighted by Gasteiger charge is 2.25. The van der Waals surface area contributed by atoms with E-state index in [-0.39, 0.29) is 18.5 Å². The molecule has 0 bridgehead atoms. The van der Waals surface area contributed by atoms with Gasteiger partial charge in [-0.15, -0.1) is 0 Å². The standard InChI is InChI=1S/C22H30N2O4S/c1-5-28-21-14-10-9-13-20(21)24(29(4,26)27)16-22(25)23-19(15-17(2)3)18-11-7-6-8-12-18/h6-14,17,19H,5,15-16H2,1-4H3,(H,23,25)/t19-/m1/s1. The molecule has 0 spiro atoms. The average molecular weight is 419 g/mol. The van der Waals surface area contributed by atoms with Gasteiger partial charge in [-0.3, -0.25) is 9.10 Å². The number of benzene rings is 2. The van der Waals surface area contributed by atoms with Crippen molar-refractivity contribution in [3.8, 4) is 5.75 Å². The van der Waals surface area contributed by atoms with E-state index in [9.17, 15) is 13.2 Å². The largest absolute Gasteiger partial charge is 0.492 e. The highest BCUT2D eigenvalue weighted by Crippen LogP contribution is 2.30. The van der Waals surface area contributed by atoms with Crippen LogP contribution in [0.15, 0.2) is 54.6 Å². The monoisotopic (exact) mass is 418 g/mol. The Labute approximate surface area is 173 Å². The van der Waals surface area contributed by atoms with Crippen LogP contribution < -0.4 is 14.4 Å². The molecule has 2 aromatic carbocycles. The number of hydrogen-bond donors (Lipinski definition) is 1.